The van der Waals surface area contributed by atoms with Crippen LogP contribution in [-0.4, -0.2) is 28.5 Å². The zero-order valence-electron chi connectivity index (χ0n) is 11.8. The Morgan fingerprint density at radius 1 is 1.33 bits per heavy atom. The van der Waals surface area contributed by atoms with Crippen LogP contribution < -0.4 is 0 Å². The summed E-state index contributed by atoms with van der Waals surface area (Å²) in [7, 11) is 0. The molecule has 3 rings (SSSR count). The van der Waals surface area contributed by atoms with Gasteiger partial charge in [-0.1, -0.05) is 30.3 Å². The van der Waals surface area contributed by atoms with Gasteiger partial charge in [0.15, 0.2) is 0 Å². The third-order valence-electron chi connectivity index (χ3n) is 4.09. The van der Waals surface area contributed by atoms with Crippen molar-refractivity contribution in [2.45, 2.75) is 31.4 Å². The van der Waals surface area contributed by atoms with E-state index in [9.17, 15) is 9.90 Å². The number of hydrogen-bond acceptors (Lipinski definition) is 3. The number of carbonyl (C=O) groups excluding carboxylic acids is 1. The zero-order chi connectivity index (χ0) is 14.7. The van der Waals surface area contributed by atoms with Crippen LogP contribution in [0.4, 0.5) is 0 Å². The Labute approximate surface area is 124 Å². The van der Waals surface area contributed by atoms with Crippen molar-refractivity contribution in [2.75, 3.05) is 6.54 Å². The summed E-state index contributed by atoms with van der Waals surface area (Å²) in [5.74, 6) is -0.00786. The van der Waals surface area contributed by atoms with Crippen LogP contribution in [0.3, 0.4) is 0 Å². The molecule has 0 spiro atoms. The lowest BCUT2D eigenvalue weighted by Crippen LogP contribution is -2.36. The molecule has 1 aromatic carbocycles. The number of nitrogens with zero attached hydrogens (tertiary/aromatic N) is 1. The van der Waals surface area contributed by atoms with E-state index < -0.39 is 6.10 Å². The van der Waals surface area contributed by atoms with Gasteiger partial charge in [-0.25, -0.2) is 0 Å². The number of rotatable bonds is 4. The van der Waals surface area contributed by atoms with Crippen LogP contribution in [0.5, 0.6) is 0 Å². The molecule has 1 aliphatic heterocycles. The SMILES string of the molecule is O=C(c1ccoc1)N1CCC[C@H]1C[C@H](O)c1ccccc1. The Kier molecular flexibility index (Phi) is 4.06. The van der Waals surface area contributed by atoms with Gasteiger partial charge >= 0.3 is 0 Å². The summed E-state index contributed by atoms with van der Waals surface area (Å²) in [5.41, 5.74) is 1.48. The average Bonchev–Trinajstić information content (AvgIpc) is 3.19. The molecule has 2 heterocycles. The molecule has 1 saturated heterocycles. The largest absolute Gasteiger partial charge is 0.472 e. The summed E-state index contributed by atoms with van der Waals surface area (Å²) >= 11 is 0. The van der Waals surface area contributed by atoms with Gasteiger partial charge < -0.3 is 14.4 Å². The predicted molar refractivity (Wildman–Crippen MR) is 78.8 cm³/mol. The van der Waals surface area contributed by atoms with E-state index in [4.69, 9.17) is 4.42 Å². The van der Waals surface area contributed by atoms with E-state index in [-0.39, 0.29) is 11.9 Å². The molecule has 0 aliphatic carbocycles. The topological polar surface area (TPSA) is 53.7 Å². The van der Waals surface area contributed by atoms with Crippen molar-refractivity contribution in [1.29, 1.82) is 0 Å². The Balaban J connectivity index is 1.68. The highest BCUT2D eigenvalue weighted by atomic mass is 16.3. The number of aliphatic hydroxyl groups is 1. The molecule has 1 N–H and O–H groups in total. The molecule has 4 heteroatoms. The van der Waals surface area contributed by atoms with Crippen molar-refractivity contribution in [3.05, 3.63) is 60.1 Å². The van der Waals surface area contributed by atoms with Crippen molar-refractivity contribution in [1.82, 2.24) is 4.90 Å². The number of aliphatic hydroxyl groups excluding tert-OH is 1. The standard InChI is InChI=1S/C17H19NO3/c19-16(13-5-2-1-3-6-13)11-15-7-4-9-18(15)17(20)14-8-10-21-12-14/h1-3,5-6,8,10,12,15-16,19H,4,7,9,11H2/t15-,16-/m0/s1. The fourth-order valence-electron chi connectivity index (χ4n) is 2.97. The van der Waals surface area contributed by atoms with Crippen molar-refractivity contribution < 1.29 is 14.3 Å². The van der Waals surface area contributed by atoms with Gasteiger partial charge in [-0.3, -0.25) is 4.79 Å². The maximum atomic E-state index is 12.4. The van der Waals surface area contributed by atoms with Crippen LogP contribution in [0.2, 0.25) is 0 Å². The molecule has 4 nitrogen and oxygen atoms in total. The lowest BCUT2D eigenvalue weighted by atomic mass is 10.0. The van der Waals surface area contributed by atoms with Gasteiger partial charge in [0, 0.05) is 12.6 Å². The second kappa shape index (κ2) is 6.14. The quantitative estimate of drug-likeness (QED) is 0.939. The fraction of sp³-hybridized carbons (Fsp3) is 0.353. The van der Waals surface area contributed by atoms with Crippen molar-refractivity contribution in [3.8, 4) is 0 Å². The van der Waals surface area contributed by atoms with E-state index >= 15 is 0 Å². The molecule has 0 bridgehead atoms. The highest BCUT2D eigenvalue weighted by molar-refractivity contribution is 5.94. The first-order chi connectivity index (χ1) is 10.3. The smallest absolute Gasteiger partial charge is 0.257 e. The molecular weight excluding hydrogens is 266 g/mol. The number of carbonyl (C=O) groups is 1. The molecule has 2 aromatic rings. The summed E-state index contributed by atoms with van der Waals surface area (Å²) in [5, 5.41) is 10.4. The second-order valence-corrected chi connectivity index (χ2v) is 5.47. The number of amides is 1. The Morgan fingerprint density at radius 2 is 2.14 bits per heavy atom. The van der Waals surface area contributed by atoms with Gasteiger partial charge in [0.2, 0.25) is 0 Å². The molecule has 0 saturated carbocycles. The van der Waals surface area contributed by atoms with Crippen LogP contribution in [0.15, 0.2) is 53.3 Å². The lowest BCUT2D eigenvalue weighted by Gasteiger charge is -2.26. The summed E-state index contributed by atoms with van der Waals surface area (Å²) in [6.45, 7) is 0.746. The van der Waals surface area contributed by atoms with Gasteiger partial charge in [0.25, 0.3) is 5.91 Å². The van der Waals surface area contributed by atoms with E-state index in [0.717, 1.165) is 24.9 Å². The summed E-state index contributed by atoms with van der Waals surface area (Å²) in [6.07, 6.45) is 4.95. The molecule has 2 atom stereocenters. The highest BCUT2D eigenvalue weighted by Gasteiger charge is 2.31. The van der Waals surface area contributed by atoms with E-state index in [2.05, 4.69) is 0 Å². The number of hydrogen-bond donors (Lipinski definition) is 1. The summed E-state index contributed by atoms with van der Waals surface area (Å²) < 4.78 is 4.98. The molecule has 21 heavy (non-hydrogen) atoms. The first-order valence-electron chi connectivity index (χ1n) is 7.32. The third-order valence-corrected chi connectivity index (χ3v) is 4.09. The second-order valence-electron chi connectivity index (χ2n) is 5.47. The van der Waals surface area contributed by atoms with Gasteiger partial charge in [0.1, 0.15) is 6.26 Å². The number of benzene rings is 1. The van der Waals surface area contributed by atoms with Gasteiger partial charge in [0.05, 0.1) is 17.9 Å². The van der Waals surface area contributed by atoms with Gasteiger partial charge in [-0.15, -0.1) is 0 Å². The van der Waals surface area contributed by atoms with E-state index in [0.29, 0.717) is 12.0 Å². The lowest BCUT2D eigenvalue weighted by molar-refractivity contribution is 0.0666. The first-order valence-corrected chi connectivity index (χ1v) is 7.32. The Bertz CT molecular complexity index is 579. The minimum Gasteiger partial charge on any atom is -0.472 e. The molecule has 1 aliphatic rings. The number of likely N-dealkylation sites (tertiary alicyclic amines) is 1. The minimum atomic E-state index is -0.533. The number of furan rings is 1. The molecular formula is C17H19NO3. The Hall–Kier alpha value is -2.07. The maximum Gasteiger partial charge on any atom is 0.257 e. The van der Waals surface area contributed by atoms with Gasteiger partial charge in [-0.05, 0) is 30.9 Å². The van der Waals surface area contributed by atoms with Crippen LogP contribution in [0.1, 0.15) is 41.3 Å². The summed E-state index contributed by atoms with van der Waals surface area (Å²) in [4.78, 5) is 14.3. The van der Waals surface area contributed by atoms with Crippen LogP contribution >= 0.6 is 0 Å². The predicted octanol–water partition coefficient (Wildman–Crippen LogP) is 3.01. The molecule has 0 unspecified atom stereocenters. The first kappa shape index (κ1) is 13.9. The normalized spacial score (nSPS) is 19.7. The maximum absolute atomic E-state index is 12.4. The van der Waals surface area contributed by atoms with E-state index in [1.807, 2.05) is 35.2 Å². The van der Waals surface area contributed by atoms with Crippen molar-refractivity contribution in [3.63, 3.8) is 0 Å². The monoisotopic (exact) mass is 285 g/mol. The summed E-state index contributed by atoms with van der Waals surface area (Å²) in [6, 6.07) is 11.4. The third kappa shape index (κ3) is 3.00. The highest BCUT2D eigenvalue weighted by Crippen LogP contribution is 2.28. The zero-order valence-corrected chi connectivity index (χ0v) is 11.8. The molecule has 110 valence electrons. The fourth-order valence-corrected chi connectivity index (χ4v) is 2.97. The van der Waals surface area contributed by atoms with E-state index in [1.165, 1.54) is 12.5 Å². The van der Waals surface area contributed by atoms with Crippen LogP contribution in [0.25, 0.3) is 0 Å². The van der Waals surface area contributed by atoms with Gasteiger partial charge in [-0.2, -0.15) is 0 Å². The van der Waals surface area contributed by atoms with Crippen molar-refractivity contribution in [2.24, 2.45) is 0 Å². The Morgan fingerprint density at radius 3 is 2.86 bits per heavy atom. The molecule has 1 amide bonds. The van der Waals surface area contributed by atoms with Crippen LogP contribution in [-0.2, 0) is 0 Å². The minimum absolute atomic E-state index is 0.00786. The van der Waals surface area contributed by atoms with Crippen LogP contribution in [0, 0.1) is 0 Å². The van der Waals surface area contributed by atoms with E-state index in [1.54, 1.807) is 6.07 Å². The molecule has 0 radical (unpaired) electrons. The molecule has 1 aromatic heterocycles. The average molecular weight is 285 g/mol. The molecule has 1 fully saturated rings. The van der Waals surface area contributed by atoms with Crippen molar-refractivity contribution >= 4 is 5.91 Å².